The molecule has 0 spiro atoms. The average molecular weight is 462 g/mol. The van der Waals surface area contributed by atoms with Gasteiger partial charge in [-0.3, -0.25) is 9.89 Å². The van der Waals surface area contributed by atoms with Crippen LogP contribution in [0.4, 0.5) is 0 Å². The molecule has 1 saturated heterocycles. The standard InChI is InChI=1S/C14H30N4O3S.HI/c1-3-15-14(17-7-5-13-22(2,19)20)16-6-4-8-18-9-11-21-12-10-18;/h3-13H2,1-2H3,(H2,15,16,17);1H. The first-order chi connectivity index (χ1) is 10.5. The van der Waals surface area contributed by atoms with Crippen LogP contribution in [-0.2, 0) is 14.6 Å². The van der Waals surface area contributed by atoms with Crippen molar-refractivity contribution in [3.8, 4) is 0 Å². The summed E-state index contributed by atoms with van der Waals surface area (Å²) in [6.45, 7) is 8.93. The normalized spacial score (nSPS) is 16.7. The molecule has 23 heavy (non-hydrogen) atoms. The lowest BCUT2D eigenvalue weighted by molar-refractivity contribution is 0.0376. The molecule has 1 fully saturated rings. The SMILES string of the molecule is CCNC(=NCCCS(C)(=O)=O)NCCCN1CCOCC1.I. The molecular formula is C14H31IN4O3S. The number of nitrogens with one attached hydrogen (secondary N) is 2. The van der Waals surface area contributed by atoms with Gasteiger partial charge >= 0.3 is 0 Å². The Kier molecular flexibility index (Phi) is 13.1. The second-order valence-corrected chi connectivity index (χ2v) is 7.74. The number of guanidine groups is 1. The van der Waals surface area contributed by atoms with Gasteiger partial charge in [0.2, 0.25) is 0 Å². The minimum atomic E-state index is -2.89. The van der Waals surface area contributed by atoms with Gasteiger partial charge in [0.1, 0.15) is 9.84 Å². The first-order valence-corrected chi connectivity index (χ1v) is 10.1. The Bertz CT molecular complexity index is 426. The molecule has 0 atom stereocenters. The van der Waals surface area contributed by atoms with Crippen molar-refractivity contribution in [3.63, 3.8) is 0 Å². The molecular weight excluding hydrogens is 431 g/mol. The molecule has 0 unspecified atom stereocenters. The van der Waals surface area contributed by atoms with E-state index in [0.29, 0.717) is 13.0 Å². The monoisotopic (exact) mass is 462 g/mol. The van der Waals surface area contributed by atoms with Gasteiger partial charge in [-0.05, 0) is 26.3 Å². The van der Waals surface area contributed by atoms with Gasteiger partial charge in [0.25, 0.3) is 0 Å². The lowest BCUT2D eigenvalue weighted by Crippen LogP contribution is -2.40. The topological polar surface area (TPSA) is 83.0 Å². The maximum atomic E-state index is 11.1. The number of ether oxygens (including phenoxy) is 1. The third-order valence-corrected chi connectivity index (χ3v) is 4.36. The van der Waals surface area contributed by atoms with Crippen LogP contribution in [0.25, 0.3) is 0 Å². The molecule has 0 aliphatic carbocycles. The van der Waals surface area contributed by atoms with E-state index in [1.807, 2.05) is 6.92 Å². The third kappa shape index (κ3) is 12.9. The Labute approximate surface area is 157 Å². The number of hydrogen-bond donors (Lipinski definition) is 2. The van der Waals surface area contributed by atoms with Gasteiger partial charge in [-0.25, -0.2) is 8.42 Å². The van der Waals surface area contributed by atoms with Crippen LogP contribution in [0.1, 0.15) is 19.8 Å². The van der Waals surface area contributed by atoms with Crippen molar-refractivity contribution < 1.29 is 13.2 Å². The summed E-state index contributed by atoms with van der Waals surface area (Å²) >= 11 is 0. The van der Waals surface area contributed by atoms with Crippen molar-refractivity contribution in [2.45, 2.75) is 19.8 Å². The number of hydrogen-bond acceptors (Lipinski definition) is 5. The van der Waals surface area contributed by atoms with Crippen LogP contribution in [0.5, 0.6) is 0 Å². The second-order valence-electron chi connectivity index (χ2n) is 5.48. The van der Waals surface area contributed by atoms with E-state index in [0.717, 1.165) is 58.3 Å². The summed E-state index contributed by atoms with van der Waals surface area (Å²) in [7, 11) is -2.89. The van der Waals surface area contributed by atoms with Crippen molar-refractivity contribution in [2.75, 3.05) is 64.5 Å². The molecule has 0 bridgehead atoms. The van der Waals surface area contributed by atoms with Crippen molar-refractivity contribution >= 4 is 39.8 Å². The van der Waals surface area contributed by atoms with Crippen molar-refractivity contribution in [3.05, 3.63) is 0 Å². The molecule has 0 amide bonds. The zero-order valence-corrected chi connectivity index (χ0v) is 17.4. The van der Waals surface area contributed by atoms with E-state index < -0.39 is 9.84 Å². The summed E-state index contributed by atoms with van der Waals surface area (Å²) in [6.07, 6.45) is 2.86. The minimum absolute atomic E-state index is 0. The largest absolute Gasteiger partial charge is 0.379 e. The first-order valence-electron chi connectivity index (χ1n) is 8.01. The van der Waals surface area contributed by atoms with E-state index >= 15 is 0 Å². The number of sulfone groups is 1. The van der Waals surface area contributed by atoms with Crippen LogP contribution in [0.3, 0.4) is 0 Å². The Morgan fingerprint density at radius 2 is 1.91 bits per heavy atom. The molecule has 7 nitrogen and oxygen atoms in total. The highest BCUT2D eigenvalue weighted by molar-refractivity contribution is 14.0. The molecule has 0 saturated carbocycles. The molecule has 2 N–H and O–H groups in total. The molecule has 0 aromatic rings. The quantitative estimate of drug-likeness (QED) is 0.222. The fourth-order valence-corrected chi connectivity index (χ4v) is 2.85. The average Bonchev–Trinajstić information content (AvgIpc) is 2.48. The predicted molar refractivity (Wildman–Crippen MR) is 106 cm³/mol. The summed E-state index contributed by atoms with van der Waals surface area (Å²) in [4.78, 5) is 6.80. The van der Waals surface area contributed by atoms with Crippen molar-refractivity contribution in [1.29, 1.82) is 0 Å². The lowest BCUT2D eigenvalue weighted by atomic mass is 10.3. The highest BCUT2D eigenvalue weighted by Crippen LogP contribution is 1.97. The van der Waals surface area contributed by atoms with Gasteiger partial charge in [0, 0.05) is 39.0 Å². The lowest BCUT2D eigenvalue weighted by Gasteiger charge is -2.26. The van der Waals surface area contributed by atoms with Crippen LogP contribution >= 0.6 is 24.0 Å². The van der Waals surface area contributed by atoms with E-state index in [4.69, 9.17) is 4.74 Å². The number of halogens is 1. The van der Waals surface area contributed by atoms with E-state index in [1.165, 1.54) is 6.26 Å². The molecule has 0 aromatic heterocycles. The van der Waals surface area contributed by atoms with Crippen LogP contribution < -0.4 is 10.6 Å². The summed E-state index contributed by atoms with van der Waals surface area (Å²) in [5.74, 6) is 0.949. The number of aliphatic imine (C=N–C) groups is 1. The minimum Gasteiger partial charge on any atom is -0.379 e. The molecule has 1 aliphatic heterocycles. The van der Waals surface area contributed by atoms with E-state index in [2.05, 4.69) is 20.5 Å². The summed E-state index contributed by atoms with van der Waals surface area (Å²) in [5, 5.41) is 6.46. The molecule has 0 aromatic carbocycles. The number of rotatable bonds is 9. The fourth-order valence-electron chi connectivity index (χ4n) is 2.19. The van der Waals surface area contributed by atoms with E-state index in [1.54, 1.807) is 0 Å². The maximum absolute atomic E-state index is 11.1. The highest BCUT2D eigenvalue weighted by Gasteiger charge is 2.09. The number of morpholine rings is 1. The van der Waals surface area contributed by atoms with Gasteiger partial charge in [0.05, 0.1) is 19.0 Å². The van der Waals surface area contributed by atoms with E-state index in [9.17, 15) is 8.42 Å². The number of nitrogens with zero attached hydrogens (tertiary/aromatic N) is 2. The van der Waals surface area contributed by atoms with E-state index in [-0.39, 0.29) is 29.7 Å². The highest BCUT2D eigenvalue weighted by atomic mass is 127. The Morgan fingerprint density at radius 1 is 1.22 bits per heavy atom. The Balaban J connectivity index is 0.00000484. The van der Waals surface area contributed by atoms with Gasteiger partial charge in [-0.2, -0.15) is 0 Å². The second kappa shape index (κ2) is 13.2. The molecule has 138 valence electrons. The summed E-state index contributed by atoms with van der Waals surface area (Å²) < 4.78 is 27.5. The van der Waals surface area contributed by atoms with Crippen LogP contribution in [0.2, 0.25) is 0 Å². The van der Waals surface area contributed by atoms with Crippen LogP contribution in [0.15, 0.2) is 4.99 Å². The molecule has 9 heteroatoms. The fraction of sp³-hybridized carbons (Fsp3) is 0.929. The third-order valence-electron chi connectivity index (χ3n) is 3.33. The molecule has 1 heterocycles. The van der Waals surface area contributed by atoms with Gasteiger partial charge in [-0.15, -0.1) is 24.0 Å². The first kappa shape index (κ1) is 22.9. The zero-order chi connectivity index (χ0) is 16.3. The summed E-state index contributed by atoms with van der Waals surface area (Å²) in [6, 6.07) is 0. The van der Waals surface area contributed by atoms with Gasteiger partial charge in [0.15, 0.2) is 5.96 Å². The Hall–Kier alpha value is -0.130. The Morgan fingerprint density at radius 3 is 2.52 bits per heavy atom. The van der Waals surface area contributed by atoms with Gasteiger partial charge < -0.3 is 15.4 Å². The van der Waals surface area contributed by atoms with Crippen molar-refractivity contribution in [1.82, 2.24) is 15.5 Å². The summed E-state index contributed by atoms with van der Waals surface area (Å²) in [5.41, 5.74) is 0. The smallest absolute Gasteiger partial charge is 0.191 e. The maximum Gasteiger partial charge on any atom is 0.191 e. The molecule has 1 rings (SSSR count). The van der Waals surface area contributed by atoms with Gasteiger partial charge in [-0.1, -0.05) is 0 Å². The van der Waals surface area contributed by atoms with Crippen LogP contribution in [-0.4, -0.2) is 83.8 Å². The predicted octanol–water partition coefficient (Wildman–Crippen LogP) is 0.317. The molecule has 0 radical (unpaired) electrons. The zero-order valence-electron chi connectivity index (χ0n) is 14.2. The molecule has 1 aliphatic rings. The van der Waals surface area contributed by atoms with Crippen molar-refractivity contribution in [2.24, 2.45) is 4.99 Å². The van der Waals surface area contributed by atoms with Crippen LogP contribution in [0, 0.1) is 0 Å².